The van der Waals surface area contributed by atoms with Gasteiger partial charge in [-0.15, -0.1) is 0 Å². The summed E-state index contributed by atoms with van der Waals surface area (Å²) < 4.78 is 0. The molecule has 0 unspecified atom stereocenters. The van der Waals surface area contributed by atoms with E-state index in [1.54, 1.807) is 6.92 Å². The van der Waals surface area contributed by atoms with Crippen LogP contribution in [0.15, 0.2) is 11.6 Å². The Bertz CT molecular complexity index is 300. The summed E-state index contributed by atoms with van der Waals surface area (Å²) in [6, 6.07) is 0. The number of ketones is 1. The van der Waals surface area contributed by atoms with Crippen molar-refractivity contribution in [3.8, 4) is 0 Å². The zero-order valence-electron chi connectivity index (χ0n) is 10.3. The molecule has 1 saturated carbocycles. The van der Waals surface area contributed by atoms with Gasteiger partial charge in [-0.3, -0.25) is 4.79 Å². The van der Waals surface area contributed by atoms with Crippen molar-refractivity contribution in [2.45, 2.75) is 40.5 Å². The highest BCUT2D eigenvalue weighted by Gasteiger charge is 2.43. The van der Waals surface area contributed by atoms with Gasteiger partial charge in [-0.25, -0.2) is 0 Å². The van der Waals surface area contributed by atoms with Crippen LogP contribution in [-0.2, 0) is 4.79 Å². The van der Waals surface area contributed by atoms with Crippen LogP contribution in [0.1, 0.15) is 40.5 Å². The minimum atomic E-state index is 0.329. The summed E-state index contributed by atoms with van der Waals surface area (Å²) in [5.41, 5.74) is 1.48. The van der Waals surface area contributed by atoms with Crippen molar-refractivity contribution in [2.24, 2.45) is 29.6 Å². The van der Waals surface area contributed by atoms with Crippen LogP contribution < -0.4 is 0 Å². The van der Waals surface area contributed by atoms with E-state index in [0.717, 1.165) is 18.3 Å². The van der Waals surface area contributed by atoms with Crippen LogP contribution in [0, 0.1) is 29.6 Å². The molecule has 15 heavy (non-hydrogen) atoms. The Balaban J connectivity index is 2.23. The molecule has 84 valence electrons. The number of hydrogen-bond donors (Lipinski definition) is 0. The fraction of sp³-hybridized carbons (Fsp3) is 0.786. The van der Waals surface area contributed by atoms with Crippen molar-refractivity contribution >= 4 is 5.78 Å². The highest BCUT2D eigenvalue weighted by Crippen LogP contribution is 2.49. The minimum Gasteiger partial charge on any atom is -0.300 e. The molecule has 0 spiro atoms. The third kappa shape index (κ3) is 1.77. The van der Waals surface area contributed by atoms with Gasteiger partial charge in [0.05, 0.1) is 0 Å². The number of allylic oxidation sites excluding steroid dienone is 2. The Morgan fingerprint density at radius 2 is 2.07 bits per heavy atom. The van der Waals surface area contributed by atoms with Crippen LogP contribution in [0.3, 0.4) is 0 Å². The molecule has 0 aromatic heterocycles. The molecule has 3 aliphatic carbocycles. The lowest BCUT2D eigenvalue weighted by Crippen LogP contribution is -2.41. The SMILES string of the molecule is CC(=O)[C@@H]1C[C@@H]2C=C(C)[C@H]1C[C@@H]2C(C)C. The molecule has 0 aromatic carbocycles. The number of carbonyl (C=O) groups is 1. The van der Waals surface area contributed by atoms with Crippen LogP contribution in [0.5, 0.6) is 0 Å². The molecule has 0 heterocycles. The van der Waals surface area contributed by atoms with Crippen molar-refractivity contribution in [3.05, 3.63) is 11.6 Å². The Morgan fingerprint density at radius 1 is 1.40 bits per heavy atom. The topological polar surface area (TPSA) is 17.1 Å². The monoisotopic (exact) mass is 206 g/mol. The van der Waals surface area contributed by atoms with Gasteiger partial charge in [0.2, 0.25) is 0 Å². The van der Waals surface area contributed by atoms with Gasteiger partial charge in [-0.1, -0.05) is 25.5 Å². The highest BCUT2D eigenvalue weighted by atomic mass is 16.1. The number of rotatable bonds is 2. The van der Waals surface area contributed by atoms with Gasteiger partial charge in [-0.05, 0) is 50.4 Å². The molecule has 0 saturated heterocycles. The second-order valence-electron chi connectivity index (χ2n) is 5.78. The fourth-order valence-electron chi connectivity index (χ4n) is 3.64. The zero-order valence-corrected chi connectivity index (χ0v) is 10.3. The van der Waals surface area contributed by atoms with Crippen LogP contribution in [0.25, 0.3) is 0 Å². The van der Waals surface area contributed by atoms with Crippen molar-refractivity contribution in [1.82, 2.24) is 0 Å². The molecule has 3 rings (SSSR count). The summed E-state index contributed by atoms with van der Waals surface area (Å²) in [7, 11) is 0. The van der Waals surface area contributed by atoms with Gasteiger partial charge < -0.3 is 0 Å². The normalized spacial score (nSPS) is 39.4. The van der Waals surface area contributed by atoms with Gasteiger partial charge in [-0.2, -0.15) is 0 Å². The Kier molecular flexibility index (Phi) is 2.74. The minimum absolute atomic E-state index is 0.329. The Labute approximate surface area is 92.9 Å². The third-order valence-corrected chi connectivity index (χ3v) is 4.53. The molecule has 0 aromatic rings. The first-order valence-electron chi connectivity index (χ1n) is 6.19. The molecule has 3 aliphatic rings. The third-order valence-electron chi connectivity index (χ3n) is 4.53. The predicted octanol–water partition coefficient (Wildman–Crippen LogP) is 3.45. The van der Waals surface area contributed by atoms with E-state index in [9.17, 15) is 4.79 Å². The molecule has 4 atom stereocenters. The van der Waals surface area contributed by atoms with E-state index in [1.807, 2.05) is 0 Å². The van der Waals surface area contributed by atoms with Crippen molar-refractivity contribution < 1.29 is 4.79 Å². The number of hydrogen-bond acceptors (Lipinski definition) is 1. The maximum Gasteiger partial charge on any atom is 0.133 e. The average Bonchev–Trinajstić information content (AvgIpc) is 2.16. The maximum atomic E-state index is 11.6. The Morgan fingerprint density at radius 3 is 2.53 bits per heavy atom. The van der Waals surface area contributed by atoms with Crippen molar-refractivity contribution in [1.29, 1.82) is 0 Å². The van der Waals surface area contributed by atoms with E-state index in [2.05, 4.69) is 26.8 Å². The van der Waals surface area contributed by atoms with Gasteiger partial charge in [0.15, 0.2) is 0 Å². The van der Waals surface area contributed by atoms with Crippen LogP contribution in [0.4, 0.5) is 0 Å². The lowest BCUT2D eigenvalue weighted by atomic mass is 9.58. The summed E-state index contributed by atoms with van der Waals surface area (Å²) in [6.45, 7) is 8.61. The molecule has 1 heteroatoms. The first kappa shape index (κ1) is 10.9. The molecule has 0 amide bonds. The van der Waals surface area contributed by atoms with Crippen molar-refractivity contribution in [2.75, 3.05) is 0 Å². The second-order valence-corrected chi connectivity index (χ2v) is 5.78. The molecule has 0 N–H and O–H groups in total. The molecule has 0 aliphatic heterocycles. The molecule has 1 fully saturated rings. The van der Waals surface area contributed by atoms with Gasteiger partial charge in [0.1, 0.15) is 5.78 Å². The molecular weight excluding hydrogens is 184 g/mol. The Hall–Kier alpha value is -0.590. The lowest BCUT2D eigenvalue weighted by molar-refractivity contribution is -0.124. The molecular formula is C14H22O. The highest BCUT2D eigenvalue weighted by molar-refractivity contribution is 5.79. The maximum absolute atomic E-state index is 11.6. The van der Waals surface area contributed by atoms with E-state index in [-0.39, 0.29) is 0 Å². The standard InChI is InChI=1S/C14H22O/c1-8(2)12-7-13-9(3)5-11(12)6-14(13)10(4)15/h5,8,11-14H,6-7H2,1-4H3/t11-,12+,13+,14-/m0/s1. The molecule has 1 nitrogen and oxygen atoms in total. The summed E-state index contributed by atoms with van der Waals surface area (Å²) >= 11 is 0. The summed E-state index contributed by atoms with van der Waals surface area (Å²) in [5.74, 6) is 3.53. The average molecular weight is 206 g/mol. The summed E-state index contributed by atoms with van der Waals surface area (Å²) in [6.07, 6.45) is 4.80. The van der Waals surface area contributed by atoms with Gasteiger partial charge >= 0.3 is 0 Å². The fourth-order valence-corrected chi connectivity index (χ4v) is 3.64. The largest absolute Gasteiger partial charge is 0.300 e. The number of Topliss-reactive ketones (excluding diaryl/α,β-unsaturated/α-hetero) is 1. The van der Waals surface area contributed by atoms with E-state index in [4.69, 9.17) is 0 Å². The van der Waals surface area contributed by atoms with Crippen LogP contribution in [-0.4, -0.2) is 5.78 Å². The van der Waals surface area contributed by atoms with Gasteiger partial charge in [0.25, 0.3) is 0 Å². The first-order valence-corrected chi connectivity index (χ1v) is 6.19. The number of carbonyl (C=O) groups excluding carboxylic acids is 1. The summed E-state index contributed by atoms with van der Waals surface area (Å²) in [5, 5.41) is 0. The zero-order chi connectivity index (χ0) is 11.2. The molecule has 2 bridgehead atoms. The lowest BCUT2D eigenvalue weighted by Gasteiger charge is -2.46. The quantitative estimate of drug-likeness (QED) is 0.632. The second kappa shape index (κ2) is 3.77. The van der Waals surface area contributed by atoms with Gasteiger partial charge in [0, 0.05) is 5.92 Å². The van der Waals surface area contributed by atoms with E-state index in [1.165, 1.54) is 12.0 Å². The smallest absolute Gasteiger partial charge is 0.133 e. The first-order chi connectivity index (χ1) is 7.00. The predicted molar refractivity (Wildman–Crippen MR) is 62.5 cm³/mol. The van der Waals surface area contributed by atoms with E-state index < -0.39 is 0 Å². The van der Waals surface area contributed by atoms with E-state index >= 15 is 0 Å². The van der Waals surface area contributed by atoms with E-state index in [0.29, 0.717) is 23.5 Å². The van der Waals surface area contributed by atoms with Crippen LogP contribution in [0.2, 0.25) is 0 Å². The van der Waals surface area contributed by atoms with Crippen molar-refractivity contribution in [3.63, 3.8) is 0 Å². The van der Waals surface area contributed by atoms with Crippen LogP contribution >= 0.6 is 0 Å². The summed E-state index contributed by atoms with van der Waals surface area (Å²) in [4.78, 5) is 11.6. The number of fused-ring (bicyclic) bond motifs is 2. The molecule has 0 radical (unpaired) electrons.